The van der Waals surface area contributed by atoms with Crippen LogP contribution in [0.5, 0.6) is 0 Å². The van der Waals surface area contributed by atoms with Crippen LogP contribution in [0.1, 0.15) is 18.6 Å². The van der Waals surface area contributed by atoms with Crippen molar-refractivity contribution in [1.82, 2.24) is 0 Å². The zero-order chi connectivity index (χ0) is 11.1. The second-order valence-electron chi connectivity index (χ2n) is 3.34. The number of ketones is 1. The molecule has 0 radical (unpaired) electrons. The molecule has 0 aliphatic heterocycles. The number of rotatable bonds is 6. The summed E-state index contributed by atoms with van der Waals surface area (Å²) in [6, 6.07) is 9.81. The predicted molar refractivity (Wildman–Crippen MR) is 57.7 cm³/mol. The summed E-state index contributed by atoms with van der Waals surface area (Å²) in [6.45, 7) is 2.14. The summed E-state index contributed by atoms with van der Waals surface area (Å²) in [5.41, 5.74) is 1.07. The van der Waals surface area contributed by atoms with Crippen LogP contribution in [-0.4, -0.2) is 26.1 Å². The lowest BCUT2D eigenvalue weighted by atomic mass is 10.1. The van der Waals surface area contributed by atoms with Crippen molar-refractivity contribution < 1.29 is 14.3 Å². The second kappa shape index (κ2) is 6.32. The van der Waals surface area contributed by atoms with Gasteiger partial charge < -0.3 is 9.47 Å². The van der Waals surface area contributed by atoms with Crippen molar-refractivity contribution in [3.63, 3.8) is 0 Å². The van der Waals surface area contributed by atoms with Crippen LogP contribution in [0.3, 0.4) is 0 Å². The average Bonchev–Trinajstić information content (AvgIpc) is 2.27. The number of carbonyl (C=O) groups is 1. The normalized spacial score (nSPS) is 12.4. The van der Waals surface area contributed by atoms with E-state index < -0.39 is 0 Å². The lowest BCUT2D eigenvalue weighted by Gasteiger charge is -2.12. The van der Waals surface area contributed by atoms with Crippen molar-refractivity contribution in [2.75, 3.05) is 20.3 Å². The van der Waals surface area contributed by atoms with Crippen molar-refractivity contribution in [3.05, 3.63) is 35.9 Å². The van der Waals surface area contributed by atoms with Crippen molar-refractivity contribution in [1.29, 1.82) is 0 Å². The molecule has 3 heteroatoms. The van der Waals surface area contributed by atoms with Crippen molar-refractivity contribution in [2.45, 2.75) is 13.0 Å². The van der Waals surface area contributed by atoms with Gasteiger partial charge in [0.1, 0.15) is 13.2 Å². The van der Waals surface area contributed by atoms with Gasteiger partial charge in [-0.1, -0.05) is 30.3 Å². The van der Waals surface area contributed by atoms with Gasteiger partial charge in [-0.3, -0.25) is 4.79 Å². The van der Waals surface area contributed by atoms with Gasteiger partial charge in [0.05, 0.1) is 6.10 Å². The number of ether oxygens (including phenoxy) is 2. The number of methoxy groups -OCH3 is 1. The van der Waals surface area contributed by atoms with Crippen LogP contribution in [0, 0.1) is 0 Å². The smallest absolute Gasteiger partial charge is 0.183 e. The Balaban J connectivity index is 2.37. The molecule has 0 fully saturated rings. The number of hydrogen-bond acceptors (Lipinski definition) is 3. The fraction of sp³-hybridized carbons (Fsp3) is 0.417. The molecule has 0 aliphatic carbocycles. The number of Topliss-reactive ketones (excluding diaryl/α,β-unsaturated/α-hetero) is 1. The highest BCUT2D eigenvalue weighted by Gasteiger charge is 2.07. The third kappa shape index (κ3) is 4.23. The monoisotopic (exact) mass is 208 g/mol. The summed E-state index contributed by atoms with van der Waals surface area (Å²) >= 11 is 0. The highest BCUT2D eigenvalue weighted by atomic mass is 16.5. The molecule has 82 valence electrons. The Morgan fingerprint density at radius 1 is 1.27 bits per heavy atom. The van der Waals surface area contributed by atoms with E-state index in [1.54, 1.807) is 0 Å². The summed E-state index contributed by atoms with van der Waals surface area (Å²) in [5, 5.41) is 0. The Morgan fingerprint density at radius 3 is 2.53 bits per heavy atom. The highest BCUT2D eigenvalue weighted by molar-refractivity contribution is 5.80. The Bertz CT molecular complexity index is 295. The molecule has 0 N–H and O–H groups in total. The molecular weight excluding hydrogens is 192 g/mol. The van der Waals surface area contributed by atoms with Crippen molar-refractivity contribution >= 4 is 5.78 Å². The first-order valence-corrected chi connectivity index (χ1v) is 4.91. The van der Waals surface area contributed by atoms with Gasteiger partial charge >= 0.3 is 0 Å². The molecular formula is C12H16O3. The maximum absolute atomic E-state index is 11.1. The van der Waals surface area contributed by atoms with Crippen LogP contribution in [0.4, 0.5) is 0 Å². The third-order valence-electron chi connectivity index (χ3n) is 2.07. The molecule has 1 aromatic rings. The molecule has 3 nitrogen and oxygen atoms in total. The van der Waals surface area contributed by atoms with E-state index in [0.717, 1.165) is 5.56 Å². The van der Waals surface area contributed by atoms with Crippen LogP contribution in [0.2, 0.25) is 0 Å². The van der Waals surface area contributed by atoms with E-state index in [1.807, 2.05) is 37.3 Å². The van der Waals surface area contributed by atoms with Gasteiger partial charge in [-0.2, -0.15) is 0 Å². The average molecular weight is 208 g/mol. The first kappa shape index (κ1) is 11.9. The highest BCUT2D eigenvalue weighted by Crippen LogP contribution is 2.15. The Kier molecular flexibility index (Phi) is 5.01. The van der Waals surface area contributed by atoms with Crippen LogP contribution in [-0.2, 0) is 14.3 Å². The van der Waals surface area contributed by atoms with E-state index in [0.29, 0.717) is 0 Å². The minimum absolute atomic E-state index is 0.0414. The summed E-state index contributed by atoms with van der Waals surface area (Å²) in [6.07, 6.45) is -0.0630. The first-order valence-electron chi connectivity index (χ1n) is 4.91. The lowest BCUT2D eigenvalue weighted by molar-refractivity contribution is -0.129. The zero-order valence-electron chi connectivity index (χ0n) is 9.10. The minimum Gasteiger partial charge on any atom is -0.377 e. The van der Waals surface area contributed by atoms with E-state index in [1.165, 1.54) is 7.11 Å². The molecule has 1 unspecified atom stereocenters. The van der Waals surface area contributed by atoms with Gasteiger partial charge in [0.2, 0.25) is 0 Å². The minimum atomic E-state index is -0.0630. The van der Waals surface area contributed by atoms with Crippen LogP contribution in [0.15, 0.2) is 30.3 Å². The van der Waals surface area contributed by atoms with Crippen molar-refractivity contribution in [3.8, 4) is 0 Å². The molecule has 0 aromatic heterocycles. The van der Waals surface area contributed by atoms with E-state index in [-0.39, 0.29) is 25.1 Å². The predicted octanol–water partition coefficient (Wildman–Crippen LogP) is 1.98. The van der Waals surface area contributed by atoms with E-state index in [2.05, 4.69) is 0 Å². The maximum atomic E-state index is 11.1. The number of carbonyl (C=O) groups excluding carboxylic acids is 1. The summed E-state index contributed by atoms with van der Waals surface area (Å²) in [5.74, 6) is -0.0414. The van der Waals surface area contributed by atoms with E-state index in [4.69, 9.17) is 9.47 Å². The molecule has 1 rings (SSSR count). The SMILES string of the molecule is COCC(=O)COC(C)c1ccccc1. The topological polar surface area (TPSA) is 35.5 Å². The standard InChI is InChI=1S/C12H16O3/c1-10(11-6-4-3-5-7-11)15-9-12(13)8-14-2/h3-7,10H,8-9H2,1-2H3. The second-order valence-corrected chi connectivity index (χ2v) is 3.34. The number of benzene rings is 1. The Labute approximate surface area is 90.0 Å². The maximum Gasteiger partial charge on any atom is 0.183 e. The first-order chi connectivity index (χ1) is 7.24. The van der Waals surface area contributed by atoms with Gasteiger partial charge in [-0.25, -0.2) is 0 Å². The Hall–Kier alpha value is -1.19. The molecule has 0 bridgehead atoms. The van der Waals surface area contributed by atoms with Gasteiger partial charge in [0.25, 0.3) is 0 Å². The van der Waals surface area contributed by atoms with Crippen LogP contribution in [0.25, 0.3) is 0 Å². The third-order valence-corrected chi connectivity index (χ3v) is 2.07. The molecule has 0 aliphatic rings. The zero-order valence-corrected chi connectivity index (χ0v) is 9.10. The fourth-order valence-corrected chi connectivity index (χ4v) is 1.24. The lowest BCUT2D eigenvalue weighted by Crippen LogP contribution is -2.15. The van der Waals surface area contributed by atoms with Crippen LogP contribution < -0.4 is 0 Å². The summed E-state index contributed by atoms with van der Waals surface area (Å²) < 4.78 is 10.1. The quantitative estimate of drug-likeness (QED) is 0.717. The molecule has 0 saturated heterocycles. The summed E-state index contributed by atoms with van der Waals surface area (Å²) in [4.78, 5) is 11.1. The van der Waals surface area contributed by atoms with Gasteiger partial charge in [-0.15, -0.1) is 0 Å². The van der Waals surface area contributed by atoms with E-state index in [9.17, 15) is 4.79 Å². The fourth-order valence-electron chi connectivity index (χ4n) is 1.24. The van der Waals surface area contributed by atoms with Gasteiger partial charge in [0.15, 0.2) is 5.78 Å². The Morgan fingerprint density at radius 2 is 1.93 bits per heavy atom. The summed E-state index contributed by atoms with van der Waals surface area (Å²) in [7, 11) is 1.50. The number of hydrogen-bond donors (Lipinski definition) is 0. The molecule has 0 amide bonds. The molecule has 0 saturated carbocycles. The van der Waals surface area contributed by atoms with E-state index >= 15 is 0 Å². The molecule has 1 aromatic carbocycles. The molecule has 1 atom stereocenters. The molecule has 0 heterocycles. The molecule has 0 spiro atoms. The van der Waals surface area contributed by atoms with Crippen LogP contribution >= 0.6 is 0 Å². The van der Waals surface area contributed by atoms with Crippen molar-refractivity contribution in [2.24, 2.45) is 0 Å². The van der Waals surface area contributed by atoms with Gasteiger partial charge in [0, 0.05) is 7.11 Å². The molecule has 15 heavy (non-hydrogen) atoms. The largest absolute Gasteiger partial charge is 0.377 e. The van der Waals surface area contributed by atoms with Gasteiger partial charge in [-0.05, 0) is 12.5 Å².